The van der Waals surface area contributed by atoms with E-state index in [1.165, 1.54) is 6.42 Å². The van der Waals surface area contributed by atoms with Gasteiger partial charge in [0.2, 0.25) is 0 Å². The van der Waals surface area contributed by atoms with Gasteiger partial charge >= 0.3 is 5.97 Å². The fourth-order valence-electron chi connectivity index (χ4n) is 3.09. The molecule has 110 valence electrons. The molecule has 0 amide bonds. The lowest BCUT2D eigenvalue weighted by Gasteiger charge is -2.32. The van der Waals surface area contributed by atoms with Crippen LogP contribution in [-0.2, 0) is 11.2 Å². The lowest BCUT2D eigenvalue weighted by molar-refractivity contribution is -0.150. The van der Waals surface area contributed by atoms with Crippen molar-refractivity contribution in [1.82, 2.24) is 0 Å². The first kappa shape index (κ1) is 15.7. The van der Waals surface area contributed by atoms with Gasteiger partial charge in [-0.25, -0.2) is 0 Å². The summed E-state index contributed by atoms with van der Waals surface area (Å²) in [4.78, 5) is 11.9. The highest BCUT2D eigenvalue weighted by atomic mass is 35.5. The van der Waals surface area contributed by atoms with Crippen LogP contribution in [0.15, 0.2) is 18.2 Å². The number of carboxylic acid groups (broad SMARTS) is 1. The normalized spacial score (nSPS) is 19.1. The summed E-state index contributed by atoms with van der Waals surface area (Å²) >= 11 is 12.4. The molecule has 0 aromatic heterocycles. The second-order valence-electron chi connectivity index (χ2n) is 5.73. The number of halogens is 2. The third kappa shape index (κ3) is 3.48. The van der Waals surface area contributed by atoms with E-state index in [-0.39, 0.29) is 0 Å². The maximum absolute atomic E-state index is 11.9. The highest BCUT2D eigenvalue weighted by Crippen LogP contribution is 2.40. The fraction of sp³-hybridized carbons (Fsp3) is 0.562. The van der Waals surface area contributed by atoms with Gasteiger partial charge in [-0.1, -0.05) is 61.4 Å². The second kappa shape index (κ2) is 6.82. The van der Waals surface area contributed by atoms with Gasteiger partial charge in [0.05, 0.1) is 5.41 Å². The molecule has 1 aliphatic rings. The van der Waals surface area contributed by atoms with E-state index >= 15 is 0 Å². The zero-order chi connectivity index (χ0) is 14.6. The number of aliphatic carboxylic acids is 1. The van der Waals surface area contributed by atoms with Gasteiger partial charge in [0, 0.05) is 10.0 Å². The van der Waals surface area contributed by atoms with Crippen molar-refractivity contribution in [1.29, 1.82) is 0 Å². The lowest BCUT2D eigenvalue weighted by Crippen LogP contribution is -2.34. The Kier molecular flexibility index (Phi) is 5.34. The summed E-state index contributed by atoms with van der Waals surface area (Å²) in [6, 6.07) is 5.35. The molecule has 0 saturated heterocycles. The standard InChI is InChI=1S/C16H20Cl2O2/c17-13-7-6-8-14(18)12(13)11-16(15(19)20)9-4-2-1-3-5-10-16/h6-8H,1-5,9-11H2,(H,19,20). The molecule has 1 aromatic rings. The molecule has 1 saturated carbocycles. The Bertz CT molecular complexity index is 457. The molecular formula is C16H20Cl2O2. The maximum Gasteiger partial charge on any atom is 0.309 e. The Balaban J connectivity index is 2.30. The largest absolute Gasteiger partial charge is 0.481 e. The quantitative estimate of drug-likeness (QED) is 0.816. The van der Waals surface area contributed by atoms with Gasteiger partial charge in [0.1, 0.15) is 0 Å². The predicted octanol–water partition coefficient (Wildman–Crippen LogP) is 5.35. The van der Waals surface area contributed by atoms with E-state index in [1.54, 1.807) is 18.2 Å². The topological polar surface area (TPSA) is 37.3 Å². The number of rotatable bonds is 3. The van der Waals surface area contributed by atoms with Crippen molar-refractivity contribution in [3.05, 3.63) is 33.8 Å². The minimum atomic E-state index is -0.713. The van der Waals surface area contributed by atoms with Crippen molar-refractivity contribution >= 4 is 29.2 Å². The molecule has 1 aromatic carbocycles. The van der Waals surface area contributed by atoms with E-state index in [9.17, 15) is 9.90 Å². The van der Waals surface area contributed by atoms with Gasteiger partial charge in [-0.2, -0.15) is 0 Å². The SMILES string of the molecule is O=C(O)C1(Cc2c(Cl)cccc2Cl)CCCCCCC1. The molecule has 2 rings (SSSR count). The van der Waals surface area contributed by atoms with Crippen LogP contribution in [0, 0.1) is 5.41 Å². The molecule has 4 heteroatoms. The summed E-state index contributed by atoms with van der Waals surface area (Å²) in [5, 5.41) is 10.9. The van der Waals surface area contributed by atoms with Gasteiger partial charge in [-0.15, -0.1) is 0 Å². The van der Waals surface area contributed by atoms with Crippen molar-refractivity contribution in [2.24, 2.45) is 5.41 Å². The van der Waals surface area contributed by atoms with Gasteiger partial charge in [0.15, 0.2) is 0 Å². The Morgan fingerprint density at radius 1 is 1.05 bits per heavy atom. The average molecular weight is 315 g/mol. The number of carboxylic acids is 1. The van der Waals surface area contributed by atoms with Crippen LogP contribution in [0.1, 0.15) is 50.5 Å². The smallest absolute Gasteiger partial charge is 0.309 e. The first-order chi connectivity index (χ1) is 9.55. The maximum atomic E-state index is 11.9. The van der Waals surface area contributed by atoms with Crippen LogP contribution >= 0.6 is 23.2 Å². The van der Waals surface area contributed by atoms with Gasteiger partial charge in [-0.05, 0) is 37.0 Å². The summed E-state index contributed by atoms with van der Waals surface area (Å²) in [7, 11) is 0. The molecular weight excluding hydrogens is 295 g/mol. The zero-order valence-electron chi connectivity index (χ0n) is 11.5. The van der Waals surface area contributed by atoms with Crippen LogP contribution in [0.3, 0.4) is 0 Å². The van der Waals surface area contributed by atoms with Crippen molar-refractivity contribution in [3.63, 3.8) is 0 Å². The van der Waals surface area contributed by atoms with Crippen LogP contribution in [0.2, 0.25) is 10.0 Å². The monoisotopic (exact) mass is 314 g/mol. The third-order valence-electron chi connectivity index (χ3n) is 4.34. The molecule has 0 heterocycles. The Labute approximate surface area is 130 Å². The van der Waals surface area contributed by atoms with Crippen LogP contribution in [0.5, 0.6) is 0 Å². The summed E-state index contributed by atoms with van der Waals surface area (Å²) in [5.74, 6) is -0.713. The van der Waals surface area contributed by atoms with Crippen LogP contribution in [0.25, 0.3) is 0 Å². The molecule has 0 radical (unpaired) electrons. The van der Waals surface area contributed by atoms with Crippen LogP contribution < -0.4 is 0 Å². The first-order valence-corrected chi connectivity index (χ1v) is 7.97. The summed E-state index contributed by atoms with van der Waals surface area (Å²) in [5.41, 5.74) is 0.0634. The molecule has 0 atom stereocenters. The fourth-order valence-corrected chi connectivity index (χ4v) is 3.62. The van der Waals surface area contributed by atoms with Crippen LogP contribution in [0.4, 0.5) is 0 Å². The lowest BCUT2D eigenvalue weighted by atomic mass is 9.72. The summed E-state index contributed by atoms with van der Waals surface area (Å²) in [6.07, 6.45) is 7.23. The Hall–Kier alpha value is -0.730. The van der Waals surface area contributed by atoms with Crippen molar-refractivity contribution in [3.8, 4) is 0 Å². The highest BCUT2D eigenvalue weighted by molar-refractivity contribution is 6.36. The van der Waals surface area contributed by atoms with Crippen molar-refractivity contribution in [2.45, 2.75) is 51.4 Å². The number of carbonyl (C=O) groups is 1. The van der Waals surface area contributed by atoms with Gasteiger partial charge in [-0.3, -0.25) is 4.79 Å². The summed E-state index contributed by atoms with van der Waals surface area (Å²) in [6.45, 7) is 0. The molecule has 2 nitrogen and oxygen atoms in total. The van der Waals surface area contributed by atoms with Crippen molar-refractivity contribution in [2.75, 3.05) is 0 Å². The van der Waals surface area contributed by atoms with Crippen molar-refractivity contribution < 1.29 is 9.90 Å². The minimum Gasteiger partial charge on any atom is -0.481 e. The zero-order valence-corrected chi connectivity index (χ0v) is 13.0. The molecule has 0 spiro atoms. The number of hydrogen-bond donors (Lipinski definition) is 1. The van der Waals surface area contributed by atoms with Gasteiger partial charge < -0.3 is 5.11 Å². The highest BCUT2D eigenvalue weighted by Gasteiger charge is 2.39. The van der Waals surface area contributed by atoms with E-state index in [1.807, 2.05) is 0 Å². The summed E-state index contributed by atoms with van der Waals surface area (Å²) < 4.78 is 0. The second-order valence-corrected chi connectivity index (χ2v) is 6.54. The van der Waals surface area contributed by atoms with E-state index in [0.717, 1.165) is 31.2 Å². The first-order valence-electron chi connectivity index (χ1n) is 7.21. The molecule has 0 aliphatic heterocycles. The predicted molar refractivity (Wildman–Crippen MR) is 82.6 cm³/mol. The van der Waals surface area contributed by atoms with Gasteiger partial charge in [0.25, 0.3) is 0 Å². The molecule has 1 aliphatic carbocycles. The van der Waals surface area contributed by atoms with Crippen LogP contribution in [-0.4, -0.2) is 11.1 Å². The van der Waals surface area contributed by atoms with E-state index in [2.05, 4.69) is 0 Å². The molecule has 20 heavy (non-hydrogen) atoms. The van der Waals surface area contributed by atoms with E-state index < -0.39 is 11.4 Å². The van der Waals surface area contributed by atoms with E-state index in [4.69, 9.17) is 23.2 Å². The number of benzene rings is 1. The molecule has 0 unspecified atom stereocenters. The average Bonchev–Trinajstić information content (AvgIpc) is 2.36. The third-order valence-corrected chi connectivity index (χ3v) is 5.05. The molecule has 0 bridgehead atoms. The Morgan fingerprint density at radius 3 is 2.05 bits per heavy atom. The van der Waals surface area contributed by atoms with E-state index in [0.29, 0.717) is 29.3 Å². The Morgan fingerprint density at radius 2 is 1.55 bits per heavy atom. The molecule has 1 fully saturated rings. The number of hydrogen-bond acceptors (Lipinski definition) is 1. The minimum absolute atomic E-state index is 0.431. The molecule has 1 N–H and O–H groups in total.